The molecule has 2 unspecified atom stereocenters. The van der Waals surface area contributed by atoms with Crippen LogP contribution in [-0.2, 0) is 6.54 Å². The van der Waals surface area contributed by atoms with Crippen molar-refractivity contribution in [2.24, 2.45) is 5.92 Å². The highest BCUT2D eigenvalue weighted by molar-refractivity contribution is 9.10. The summed E-state index contributed by atoms with van der Waals surface area (Å²) in [5, 5.41) is 13.0. The lowest BCUT2D eigenvalue weighted by atomic mass is 9.85. The Morgan fingerprint density at radius 3 is 2.75 bits per heavy atom. The van der Waals surface area contributed by atoms with E-state index in [4.69, 9.17) is 0 Å². The van der Waals surface area contributed by atoms with Crippen LogP contribution >= 0.6 is 15.9 Å². The molecule has 6 heteroatoms. The molecule has 2 N–H and O–H groups in total. The Kier molecular flexibility index (Phi) is 4.96. The summed E-state index contributed by atoms with van der Waals surface area (Å²) in [5.74, 6) is -1.06. The predicted molar refractivity (Wildman–Crippen MR) is 74.4 cm³/mol. The first-order valence-electron chi connectivity index (χ1n) is 6.64. The van der Waals surface area contributed by atoms with Gasteiger partial charge in [0.1, 0.15) is 5.75 Å². The van der Waals surface area contributed by atoms with Crippen molar-refractivity contribution < 1.29 is 18.3 Å². The highest BCUT2D eigenvalue weighted by Gasteiger charge is 2.41. The van der Waals surface area contributed by atoms with E-state index in [1.165, 1.54) is 0 Å². The van der Waals surface area contributed by atoms with Gasteiger partial charge in [-0.15, -0.1) is 0 Å². The van der Waals surface area contributed by atoms with E-state index in [-0.39, 0.29) is 24.6 Å². The summed E-state index contributed by atoms with van der Waals surface area (Å²) >= 11 is 3.22. The standard InChI is InChI=1S/C14H17BrF3NO/c15-12-6-1-3-9(13(12)20)8-19-11-5-2-4-10(7-11)14(16,17)18/h1,3,6,10-11,19-20H,2,4-5,7-8H2. The van der Waals surface area contributed by atoms with Gasteiger partial charge in [0.2, 0.25) is 0 Å². The number of hydrogen-bond donors (Lipinski definition) is 2. The number of phenols is 1. The molecule has 2 rings (SSSR count). The lowest BCUT2D eigenvalue weighted by Crippen LogP contribution is -2.38. The molecular weight excluding hydrogens is 335 g/mol. The second kappa shape index (κ2) is 6.35. The normalized spacial score (nSPS) is 23.8. The van der Waals surface area contributed by atoms with Gasteiger partial charge in [-0.05, 0) is 41.3 Å². The summed E-state index contributed by atoms with van der Waals surface area (Å²) < 4.78 is 38.8. The van der Waals surface area contributed by atoms with Crippen molar-refractivity contribution in [1.82, 2.24) is 5.32 Å². The first-order chi connectivity index (χ1) is 9.38. The number of aromatic hydroxyl groups is 1. The van der Waals surface area contributed by atoms with Crippen molar-refractivity contribution in [2.75, 3.05) is 0 Å². The third-order valence-electron chi connectivity index (χ3n) is 3.79. The molecule has 20 heavy (non-hydrogen) atoms. The molecule has 0 heterocycles. The Morgan fingerprint density at radius 1 is 1.30 bits per heavy atom. The largest absolute Gasteiger partial charge is 0.506 e. The van der Waals surface area contributed by atoms with Gasteiger partial charge in [-0.25, -0.2) is 0 Å². The molecule has 1 aromatic carbocycles. The summed E-state index contributed by atoms with van der Waals surface area (Å²) in [5.41, 5.74) is 0.688. The number of hydrogen-bond acceptors (Lipinski definition) is 2. The van der Waals surface area contributed by atoms with Gasteiger partial charge in [0.25, 0.3) is 0 Å². The topological polar surface area (TPSA) is 32.3 Å². The molecule has 0 saturated heterocycles. The molecule has 0 radical (unpaired) electrons. The van der Waals surface area contributed by atoms with Crippen molar-refractivity contribution in [3.8, 4) is 5.75 Å². The van der Waals surface area contributed by atoms with Crippen LogP contribution in [0.15, 0.2) is 22.7 Å². The Morgan fingerprint density at radius 2 is 2.05 bits per heavy atom. The fourth-order valence-corrected chi connectivity index (χ4v) is 3.04. The van der Waals surface area contributed by atoms with Crippen LogP contribution in [0, 0.1) is 5.92 Å². The fraction of sp³-hybridized carbons (Fsp3) is 0.571. The van der Waals surface area contributed by atoms with E-state index in [0.29, 0.717) is 23.0 Å². The first-order valence-corrected chi connectivity index (χ1v) is 7.43. The monoisotopic (exact) mass is 351 g/mol. The lowest BCUT2D eigenvalue weighted by molar-refractivity contribution is -0.183. The van der Waals surface area contributed by atoms with Crippen LogP contribution < -0.4 is 5.32 Å². The van der Waals surface area contributed by atoms with E-state index >= 15 is 0 Å². The minimum Gasteiger partial charge on any atom is -0.506 e. The Labute approximate surface area is 124 Å². The molecule has 0 spiro atoms. The van der Waals surface area contributed by atoms with Gasteiger partial charge in [0.15, 0.2) is 0 Å². The molecule has 1 aliphatic rings. The Bertz CT molecular complexity index is 464. The average molecular weight is 352 g/mol. The van der Waals surface area contributed by atoms with E-state index < -0.39 is 12.1 Å². The molecule has 2 atom stereocenters. The summed E-state index contributed by atoms with van der Waals surface area (Å²) in [7, 11) is 0. The van der Waals surface area contributed by atoms with Crippen LogP contribution in [0.25, 0.3) is 0 Å². The van der Waals surface area contributed by atoms with Gasteiger partial charge < -0.3 is 10.4 Å². The average Bonchev–Trinajstić information content (AvgIpc) is 2.40. The molecule has 1 aliphatic carbocycles. The number of nitrogens with one attached hydrogen (secondary N) is 1. The van der Waals surface area contributed by atoms with Crippen LogP contribution in [0.3, 0.4) is 0 Å². The third-order valence-corrected chi connectivity index (χ3v) is 4.43. The maximum Gasteiger partial charge on any atom is 0.391 e. The zero-order valence-electron chi connectivity index (χ0n) is 10.9. The number of alkyl halides is 3. The molecule has 1 fully saturated rings. The molecular formula is C14H17BrF3NO. The maximum absolute atomic E-state index is 12.7. The third kappa shape index (κ3) is 3.88. The first kappa shape index (κ1) is 15.6. The van der Waals surface area contributed by atoms with Gasteiger partial charge in [-0.3, -0.25) is 0 Å². The highest BCUT2D eigenvalue weighted by atomic mass is 79.9. The zero-order chi connectivity index (χ0) is 14.8. The highest BCUT2D eigenvalue weighted by Crippen LogP contribution is 2.37. The van der Waals surface area contributed by atoms with Gasteiger partial charge >= 0.3 is 6.18 Å². The number of phenolic OH excluding ortho intramolecular Hbond substituents is 1. The van der Waals surface area contributed by atoms with Gasteiger partial charge in [-0.2, -0.15) is 13.2 Å². The maximum atomic E-state index is 12.7. The molecule has 0 amide bonds. The summed E-state index contributed by atoms with van der Waals surface area (Å²) in [6.07, 6.45) is -2.41. The predicted octanol–water partition coefficient (Wildman–Crippen LogP) is 4.37. The molecule has 0 aliphatic heterocycles. The van der Waals surface area contributed by atoms with E-state index in [9.17, 15) is 18.3 Å². The minimum atomic E-state index is -4.10. The lowest BCUT2D eigenvalue weighted by Gasteiger charge is -2.31. The van der Waals surface area contributed by atoms with Crippen LogP contribution in [0.5, 0.6) is 5.75 Å². The molecule has 2 nitrogen and oxygen atoms in total. The molecule has 1 aromatic rings. The summed E-state index contributed by atoms with van der Waals surface area (Å²) in [6.45, 7) is 0.376. The fourth-order valence-electron chi connectivity index (χ4n) is 2.63. The second-order valence-electron chi connectivity index (χ2n) is 5.23. The molecule has 112 valence electrons. The Hall–Kier alpha value is -0.750. The smallest absolute Gasteiger partial charge is 0.391 e. The van der Waals surface area contributed by atoms with Gasteiger partial charge in [0, 0.05) is 18.2 Å². The van der Waals surface area contributed by atoms with E-state index in [1.807, 2.05) is 0 Å². The SMILES string of the molecule is Oc1c(Br)cccc1CNC1CCCC(C(F)(F)F)C1. The second-order valence-corrected chi connectivity index (χ2v) is 6.08. The Balaban J connectivity index is 1.92. The molecule has 0 bridgehead atoms. The minimum absolute atomic E-state index is 0.123. The van der Waals surface area contributed by atoms with Gasteiger partial charge in [-0.1, -0.05) is 18.6 Å². The van der Waals surface area contributed by atoms with Crippen LogP contribution in [0.4, 0.5) is 13.2 Å². The summed E-state index contributed by atoms with van der Waals surface area (Å²) in [6, 6.07) is 5.13. The van der Waals surface area contributed by atoms with E-state index in [0.717, 1.165) is 6.42 Å². The van der Waals surface area contributed by atoms with Gasteiger partial charge in [0.05, 0.1) is 10.4 Å². The quantitative estimate of drug-likeness (QED) is 0.847. The number of rotatable bonds is 3. The van der Waals surface area contributed by atoms with E-state index in [2.05, 4.69) is 21.2 Å². The van der Waals surface area contributed by atoms with E-state index in [1.54, 1.807) is 18.2 Å². The number of para-hydroxylation sites is 1. The molecule has 1 saturated carbocycles. The van der Waals surface area contributed by atoms with Crippen molar-refractivity contribution in [3.63, 3.8) is 0 Å². The van der Waals surface area contributed by atoms with Crippen molar-refractivity contribution in [1.29, 1.82) is 0 Å². The van der Waals surface area contributed by atoms with Crippen molar-refractivity contribution >= 4 is 15.9 Å². The van der Waals surface area contributed by atoms with Crippen LogP contribution in [0.2, 0.25) is 0 Å². The van der Waals surface area contributed by atoms with Crippen molar-refractivity contribution in [2.45, 2.75) is 44.4 Å². The van der Waals surface area contributed by atoms with Crippen LogP contribution in [0.1, 0.15) is 31.2 Å². The van der Waals surface area contributed by atoms with Crippen molar-refractivity contribution in [3.05, 3.63) is 28.2 Å². The number of benzene rings is 1. The molecule has 0 aromatic heterocycles. The van der Waals surface area contributed by atoms with Crippen LogP contribution in [-0.4, -0.2) is 17.3 Å². The summed E-state index contributed by atoms with van der Waals surface area (Å²) in [4.78, 5) is 0. The zero-order valence-corrected chi connectivity index (χ0v) is 12.5. The number of halogens is 4.